The molecule has 0 radical (unpaired) electrons. The van der Waals surface area contributed by atoms with Gasteiger partial charge in [-0.3, -0.25) is 4.79 Å². The number of anilines is 1. The Morgan fingerprint density at radius 2 is 2.21 bits per heavy atom. The van der Waals surface area contributed by atoms with Crippen molar-refractivity contribution in [2.45, 2.75) is 13.3 Å². The number of phenols is 1. The topological polar surface area (TPSA) is 62.2 Å². The SMILES string of the molecule is Cc1ccnc(Cl)c1NC(=O)Cc1cccc(O)c1. The monoisotopic (exact) mass is 276 g/mol. The fraction of sp³-hybridized carbons (Fsp3) is 0.143. The standard InChI is InChI=1S/C14H13ClN2O2/c1-9-5-6-16-14(15)13(9)17-12(19)8-10-3-2-4-11(18)7-10/h2-7,18H,8H2,1H3,(H,17,19). The summed E-state index contributed by atoms with van der Waals surface area (Å²) in [7, 11) is 0. The zero-order valence-electron chi connectivity index (χ0n) is 10.4. The maximum absolute atomic E-state index is 11.9. The van der Waals surface area contributed by atoms with Crippen LogP contribution in [0.1, 0.15) is 11.1 Å². The minimum atomic E-state index is -0.205. The van der Waals surface area contributed by atoms with E-state index in [1.807, 2.05) is 6.92 Å². The molecule has 0 unspecified atom stereocenters. The van der Waals surface area contributed by atoms with Crippen LogP contribution < -0.4 is 5.32 Å². The van der Waals surface area contributed by atoms with Crippen LogP contribution in [-0.4, -0.2) is 16.0 Å². The van der Waals surface area contributed by atoms with Gasteiger partial charge in [0, 0.05) is 6.20 Å². The fourth-order valence-corrected chi connectivity index (χ4v) is 1.96. The third-order valence-electron chi connectivity index (χ3n) is 2.65. The molecule has 0 saturated carbocycles. The van der Waals surface area contributed by atoms with Gasteiger partial charge in [0.1, 0.15) is 5.75 Å². The van der Waals surface area contributed by atoms with Gasteiger partial charge in [-0.05, 0) is 36.2 Å². The minimum Gasteiger partial charge on any atom is -0.508 e. The van der Waals surface area contributed by atoms with Crippen LogP contribution >= 0.6 is 11.6 Å². The number of carbonyl (C=O) groups excluding carboxylic acids is 1. The second-order valence-electron chi connectivity index (χ2n) is 4.19. The molecule has 0 fully saturated rings. The Hall–Kier alpha value is -2.07. The minimum absolute atomic E-state index is 0.140. The van der Waals surface area contributed by atoms with Crippen LogP contribution in [0.3, 0.4) is 0 Å². The van der Waals surface area contributed by atoms with Gasteiger partial charge in [0.05, 0.1) is 12.1 Å². The third kappa shape index (κ3) is 3.45. The van der Waals surface area contributed by atoms with E-state index in [9.17, 15) is 9.90 Å². The van der Waals surface area contributed by atoms with Crippen molar-refractivity contribution in [3.8, 4) is 5.75 Å². The van der Waals surface area contributed by atoms with Gasteiger partial charge in [-0.1, -0.05) is 23.7 Å². The third-order valence-corrected chi connectivity index (χ3v) is 2.94. The Kier molecular flexibility index (Phi) is 4.02. The maximum atomic E-state index is 11.9. The largest absolute Gasteiger partial charge is 0.508 e. The van der Waals surface area contributed by atoms with Crippen LogP contribution in [0.2, 0.25) is 5.15 Å². The van der Waals surface area contributed by atoms with E-state index < -0.39 is 0 Å². The molecule has 2 aromatic rings. The molecule has 0 aliphatic carbocycles. The van der Waals surface area contributed by atoms with Crippen molar-refractivity contribution in [1.29, 1.82) is 0 Å². The Labute approximate surface area is 116 Å². The molecular formula is C14H13ClN2O2. The average molecular weight is 277 g/mol. The van der Waals surface area contributed by atoms with Gasteiger partial charge in [0.15, 0.2) is 5.15 Å². The van der Waals surface area contributed by atoms with Gasteiger partial charge >= 0.3 is 0 Å². The molecule has 0 aliphatic rings. The zero-order chi connectivity index (χ0) is 13.8. The van der Waals surface area contributed by atoms with Crippen molar-refractivity contribution in [3.63, 3.8) is 0 Å². The van der Waals surface area contributed by atoms with E-state index in [0.29, 0.717) is 5.69 Å². The summed E-state index contributed by atoms with van der Waals surface area (Å²) in [6.07, 6.45) is 1.75. The molecule has 19 heavy (non-hydrogen) atoms. The molecule has 2 N–H and O–H groups in total. The number of hydrogen-bond acceptors (Lipinski definition) is 3. The van der Waals surface area contributed by atoms with Crippen LogP contribution in [0.15, 0.2) is 36.5 Å². The summed E-state index contributed by atoms with van der Waals surface area (Å²) in [6, 6.07) is 8.36. The number of aromatic hydroxyl groups is 1. The number of carbonyl (C=O) groups is 1. The van der Waals surface area contributed by atoms with Gasteiger partial charge in [0.25, 0.3) is 0 Å². The highest BCUT2D eigenvalue weighted by molar-refractivity contribution is 6.32. The number of halogens is 1. The summed E-state index contributed by atoms with van der Waals surface area (Å²) >= 11 is 5.94. The van der Waals surface area contributed by atoms with Gasteiger partial charge in [-0.2, -0.15) is 0 Å². The van der Waals surface area contributed by atoms with Crippen LogP contribution in [0, 0.1) is 6.92 Å². The normalized spacial score (nSPS) is 10.2. The average Bonchev–Trinajstić information content (AvgIpc) is 2.34. The Bertz CT molecular complexity index is 594. The number of nitrogens with zero attached hydrogens (tertiary/aromatic N) is 1. The Balaban J connectivity index is 2.10. The summed E-state index contributed by atoms with van der Waals surface area (Å²) < 4.78 is 0. The first kappa shape index (κ1) is 13.4. The second kappa shape index (κ2) is 5.71. The zero-order valence-corrected chi connectivity index (χ0v) is 11.1. The van der Waals surface area contributed by atoms with Crippen LogP contribution in [0.4, 0.5) is 5.69 Å². The van der Waals surface area contributed by atoms with E-state index >= 15 is 0 Å². The van der Waals surface area contributed by atoms with E-state index in [1.54, 1.807) is 36.5 Å². The molecule has 2 rings (SSSR count). The van der Waals surface area contributed by atoms with Crippen molar-refractivity contribution >= 4 is 23.2 Å². The van der Waals surface area contributed by atoms with Crippen LogP contribution in [0.5, 0.6) is 5.75 Å². The van der Waals surface area contributed by atoms with Crippen LogP contribution in [-0.2, 0) is 11.2 Å². The van der Waals surface area contributed by atoms with Gasteiger partial charge in [0.2, 0.25) is 5.91 Å². The molecule has 0 bridgehead atoms. The first-order chi connectivity index (χ1) is 9.06. The molecule has 0 atom stereocenters. The quantitative estimate of drug-likeness (QED) is 0.847. The number of benzene rings is 1. The van der Waals surface area contributed by atoms with Crippen molar-refractivity contribution in [3.05, 3.63) is 52.8 Å². The number of aromatic nitrogens is 1. The molecule has 4 nitrogen and oxygen atoms in total. The van der Waals surface area contributed by atoms with Crippen LogP contribution in [0.25, 0.3) is 0 Å². The molecule has 1 aromatic carbocycles. The smallest absolute Gasteiger partial charge is 0.228 e. The highest BCUT2D eigenvalue weighted by Gasteiger charge is 2.10. The van der Waals surface area contributed by atoms with Gasteiger partial charge < -0.3 is 10.4 Å². The lowest BCUT2D eigenvalue weighted by Crippen LogP contribution is -2.15. The fourth-order valence-electron chi connectivity index (χ4n) is 1.71. The highest BCUT2D eigenvalue weighted by Crippen LogP contribution is 2.23. The Morgan fingerprint density at radius 3 is 2.89 bits per heavy atom. The van der Waals surface area contributed by atoms with E-state index in [-0.39, 0.29) is 23.2 Å². The molecule has 1 heterocycles. The lowest BCUT2D eigenvalue weighted by atomic mass is 10.1. The van der Waals surface area contributed by atoms with Crippen molar-refractivity contribution in [2.75, 3.05) is 5.32 Å². The summed E-state index contributed by atoms with van der Waals surface area (Å²) in [5.41, 5.74) is 2.11. The molecule has 0 aliphatic heterocycles. The summed E-state index contributed by atoms with van der Waals surface area (Å²) in [6.45, 7) is 1.84. The number of rotatable bonds is 3. The van der Waals surface area contributed by atoms with Crippen molar-refractivity contribution < 1.29 is 9.90 Å². The molecule has 0 spiro atoms. The number of pyridine rings is 1. The number of hydrogen-bond donors (Lipinski definition) is 2. The molecule has 1 amide bonds. The number of aryl methyl sites for hydroxylation is 1. The molecular weight excluding hydrogens is 264 g/mol. The van der Waals surface area contributed by atoms with Crippen molar-refractivity contribution in [2.24, 2.45) is 0 Å². The highest BCUT2D eigenvalue weighted by atomic mass is 35.5. The first-order valence-electron chi connectivity index (χ1n) is 5.75. The predicted molar refractivity (Wildman–Crippen MR) is 74.4 cm³/mol. The van der Waals surface area contributed by atoms with E-state index in [2.05, 4.69) is 10.3 Å². The molecule has 98 valence electrons. The molecule has 5 heteroatoms. The first-order valence-corrected chi connectivity index (χ1v) is 6.13. The predicted octanol–water partition coefficient (Wildman–Crippen LogP) is 2.93. The van der Waals surface area contributed by atoms with E-state index in [0.717, 1.165) is 11.1 Å². The molecule has 1 aromatic heterocycles. The van der Waals surface area contributed by atoms with Gasteiger partial charge in [-0.15, -0.1) is 0 Å². The summed E-state index contributed by atoms with van der Waals surface area (Å²) in [5.74, 6) is -0.0653. The lowest BCUT2D eigenvalue weighted by Gasteiger charge is -2.09. The van der Waals surface area contributed by atoms with E-state index in [1.165, 1.54) is 0 Å². The summed E-state index contributed by atoms with van der Waals surface area (Å²) in [5, 5.41) is 12.3. The van der Waals surface area contributed by atoms with Crippen molar-refractivity contribution in [1.82, 2.24) is 4.98 Å². The van der Waals surface area contributed by atoms with Gasteiger partial charge in [-0.25, -0.2) is 4.98 Å². The molecule has 0 saturated heterocycles. The number of phenolic OH excluding ortho intramolecular Hbond substituents is 1. The maximum Gasteiger partial charge on any atom is 0.228 e. The number of amides is 1. The van der Waals surface area contributed by atoms with E-state index in [4.69, 9.17) is 11.6 Å². The second-order valence-corrected chi connectivity index (χ2v) is 4.55. The summed E-state index contributed by atoms with van der Waals surface area (Å²) in [4.78, 5) is 15.8. The number of nitrogens with one attached hydrogen (secondary N) is 1. The Morgan fingerprint density at radius 1 is 1.42 bits per heavy atom. The lowest BCUT2D eigenvalue weighted by molar-refractivity contribution is -0.115.